The molecular weight excluding hydrogens is 605 g/mol. The molecule has 0 N–H and O–H groups in total. The van der Waals surface area contributed by atoms with Crippen LogP contribution in [0.3, 0.4) is 0 Å². The average Bonchev–Trinajstić information content (AvgIpc) is 3.19. The first-order valence-electron chi connectivity index (χ1n) is 17.1. The molecular formula is C48H36N2. The fourth-order valence-electron chi connectivity index (χ4n) is 6.73. The second-order valence-electron chi connectivity index (χ2n) is 12.7. The summed E-state index contributed by atoms with van der Waals surface area (Å²) in [6.45, 7) is 4.29. The molecule has 0 aliphatic carbocycles. The van der Waals surface area contributed by atoms with Crippen LogP contribution in [0.1, 0.15) is 11.1 Å². The summed E-state index contributed by atoms with van der Waals surface area (Å²) >= 11 is 0. The second kappa shape index (κ2) is 13.6. The number of aromatic nitrogens is 2. The predicted octanol–water partition coefficient (Wildman–Crippen LogP) is 12.8. The molecule has 0 fully saturated rings. The minimum absolute atomic E-state index is 0.703. The van der Waals surface area contributed by atoms with Gasteiger partial charge in [0.05, 0.1) is 11.4 Å². The van der Waals surface area contributed by atoms with E-state index in [0.29, 0.717) is 5.82 Å². The molecule has 8 rings (SSSR count). The molecule has 0 aliphatic heterocycles. The number of benzene rings is 7. The normalized spacial score (nSPS) is 11.0. The highest BCUT2D eigenvalue weighted by molar-refractivity contribution is 5.86. The molecule has 0 bridgehead atoms. The summed E-state index contributed by atoms with van der Waals surface area (Å²) in [5, 5.41) is 0. The molecule has 238 valence electrons. The summed E-state index contributed by atoms with van der Waals surface area (Å²) in [6, 6.07) is 64.5. The van der Waals surface area contributed by atoms with E-state index < -0.39 is 0 Å². The first-order chi connectivity index (χ1) is 24.6. The highest BCUT2D eigenvalue weighted by Gasteiger charge is 2.18. The molecule has 2 heteroatoms. The Morgan fingerprint density at radius 2 is 0.640 bits per heavy atom. The minimum atomic E-state index is 0.703. The van der Waals surface area contributed by atoms with E-state index >= 15 is 0 Å². The molecule has 8 aromatic rings. The lowest BCUT2D eigenvalue weighted by atomic mass is 9.90. The molecule has 0 saturated carbocycles. The van der Waals surface area contributed by atoms with Crippen LogP contribution in [0.2, 0.25) is 0 Å². The van der Waals surface area contributed by atoms with Crippen molar-refractivity contribution in [2.75, 3.05) is 0 Å². The smallest absolute Gasteiger partial charge is 0.160 e. The van der Waals surface area contributed by atoms with Gasteiger partial charge in [-0.1, -0.05) is 146 Å². The maximum atomic E-state index is 5.35. The molecule has 0 radical (unpaired) electrons. The van der Waals surface area contributed by atoms with Crippen LogP contribution in [0.25, 0.3) is 78.4 Å². The zero-order valence-electron chi connectivity index (χ0n) is 28.2. The van der Waals surface area contributed by atoms with E-state index in [1.54, 1.807) is 0 Å². The van der Waals surface area contributed by atoms with E-state index in [9.17, 15) is 0 Å². The fourth-order valence-corrected chi connectivity index (χ4v) is 6.73. The lowest BCUT2D eigenvalue weighted by molar-refractivity contribution is 1.14. The summed E-state index contributed by atoms with van der Waals surface area (Å²) in [4.78, 5) is 10.7. The maximum Gasteiger partial charge on any atom is 0.160 e. The highest BCUT2D eigenvalue weighted by atomic mass is 14.9. The Morgan fingerprint density at radius 1 is 0.300 bits per heavy atom. The third kappa shape index (κ3) is 6.27. The fraction of sp³-hybridized carbons (Fsp3) is 0.0417. The van der Waals surface area contributed by atoms with E-state index in [1.165, 1.54) is 27.8 Å². The largest absolute Gasteiger partial charge is 0.228 e. The van der Waals surface area contributed by atoms with Crippen molar-refractivity contribution in [1.82, 2.24) is 9.97 Å². The molecule has 0 amide bonds. The van der Waals surface area contributed by atoms with Crippen molar-refractivity contribution in [3.63, 3.8) is 0 Å². The molecule has 1 aromatic heterocycles. The Kier molecular flexibility index (Phi) is 8.42. The van der Waals surface area contributed by atoms with E-state index in [2.05, 4.69) is 190 Å². The standard InChI is InChI=1S/C48H36N2/c1-33-17-15-16-26-45(33)47-34(2)46(38-24-13-6-14-25-38)49-48(50-47)44-31-41(37-22-11-5-12-23-37)30-43(32-44)42-28-39(35-18-7-3-8-19-35)27-40(29-42)36-20-9-4-10-21-36/h3-32H,1-2H3. The molecule has 2 nitrogen and oxygen atoms in total. The molecule has 50 heavy (non-hydrogen) atoms. The number of hydrogen-bond acceptors (Lipinski definition) is 2. The summed E-state index contributed by atoms with van der Waals surface area (Å²) in [5.74, 6) is 0.703. The Balaban J connectivity index is 1.39. The van der Waals surface area contributed by atoms with Gasteiger partial charge in [-0.3, -0.25) is 0 Å². The van der Waals surface area contributed by atoms with Crippen LogP contribution in [0.15, 0.2) is 182 Å². The number of nitrogens with zero attached hydrogens (tertiary/aromatic N) is 2. The van der Waals surface area contributed by atoms with Gasteiger partial charge >= 0.3 is 0 Å². The van der Waals surface area contributed by atoms with Crippen molar-refractivity contribution in [1.29, 1.82) is 0 Å². The van der Waals surface area contributed by atoms with Crippen LogP contribution in [0.5, 0.6) is 0 Å². The average molecular weight is 641 g/mol. The van der Waals surface area contributed by atoms with Crippen LogP contribution in [0.4, 0.5) is 0 Å². The first-order valence-corrected chi connectivity index (χ1v) is 17.1. The van der Waals surface area contributed by atoms with Crippen molar-refractivity contribution in [2.45, 2.75) is 13.8 Å². The Bertz CT molecular complexity index is 2360. The molecule has 0 unspecified atom stereocenters. The van der Waals surface area contributed by atoms with Gasteiger partial charge in [-0.2, -0.15) is 0 Å². The molecule has 1 heterocycles. The third-order valence-corrected chi connectivity index (χ3v) is 9.37. The predicted molar refractivity (Wildman–Crippen MR) is 210 cm³/mol. The SMILES string of the molecule is Cc1ccccc1-c1nc(-c2cc(-c3ccccc3)cc(-c3cc(-c4ccccc4)cc(-c4ccccc4)c3)c2)nc(-c2ccccc2)c1C. The summed E-state index contributed by atoms with van der Waals surface area (Å²) in [7, 11) is 0. The Labute approximate surface area is 294 Å². The monoisotopic (exact) mass is 640 g/mol. The van der Waals surface area contributed by atoms with Crippen molar-refractivity contribution in [3.05, 3.63) is 193 Å². The number of hydrogen-bond donors (Lipinski definition) is 0. The molecule has 0 saturated heterocycles. The topological polar surface area (TPSA) is 25.8 Å². The lowest BCUT2D eigenvalue weighted by Gasteiger charge is -2.17. The zero-order chi connectivity index (χ0) is 33.9. The molecule has 0 aliphatic rings. The van der Waals surface area contributed by atoms with Gasteiger partial charge in [0.1, 0.15) is 0 Å². The Hall–Kier alpha value is -6.38. The first kappa shape index (κ1) is 30.9. The quantitative estimate of drug-likeness (QED) is 0.173. The van der Waals surface area contributed by atoms with Crippen molar-refractivity contribution in [3.8, 4) is 78.4 Å². The Morgan fingerprint density at radius 3 is 1.08 bits per heavy atom. The van der Waals surface area contributed by atoms with Gasteiger partial charge in [0, 0.05) is 22.3 Å². The van der Waals surface area contributed by atoms with Gasteiger partial charge in [0.2, 0.25) is 0 Å². The van der Waals surface area contributed by atoms with Gasteiger partial charge in [-0.05, 0) is 100 Å². The third-order valence-electron chi connectivity index (χ3n) is 9.37. The maximum absolute atomic E-state index is 5.35. The molecule has 0 spiro atoms. The van der Waals surface area contributed by atoms with Gasteiger partial charge in [-0.15, -0.1) is 0 Å². The highest BCUT2D eigenvalue weighted by Crippen LogP contribution is 2.39. The van der Waals surface area contributed by atoms with E-state index in [0.717, 1.165) is 55.9 Å². The van der Waals surface area contributed by atoms with Crippen LogP contribution >= 0.6 is 0 Å². The summed E-state index contributed by atoms with van der Waals surface area (Å²) in [5.41, 5.74) is 16.5. The summed E-state index contributed by atoms with van der Waals surface area (Å²) < 4.78 is 0. The number of rotatable bonds is 7. The van der Waals surface area contributed by atoms with Crippen LogP contribution in [0, 0.1) is 13.8 Å². The van der Waals surface area contributed by atoms with Crippen molar-refractivity contribution >= 4 is 0 Å². The van der Waals surface area contributed by atoms with Gasteiger partial charge in [-0.25, -0.2) is 9.97 Å². The zero-order valence-corrected chi connectivity index (χ0v) is 28.2. The van der Waals surface area contributed by atoms with Gasteiger partial charge in [0.15, 0.2) is 5.82 Å². The van der Waals surface area contributed by atoms with Crippen molar-refractivity contribution in [2.24, 2.45) is 0 Å². The van der Waals surface area contributed by atoms with Crippen LogP contribution in [-0.4, -0.2) is 9.97 Å². The second-order valence-corrected chi connectivity index (χ2v) is 12.7. The summed E-state index contributed by atoms with van der Waals surface area (Å²) in [6.07, 6.45) is 0. The molecule has 0 atom stereocenters. The number of aryl methyl sites for hydroxylation is 1. The van der Waals surface area contributed by atoms with Crippen LogP contribution < -0.4 is 0 Å². The van der Waals surface area contributed by atoms with E-state index in [-0.39, 0.29) is 0 Å². The van der Waals surface area contributed by atoms with Gasteiger partial charge in [0.25, 0.3) is 0 Å². The van der Waals surface area contributed by atoms with Crippen molar-refractivity contribution < 1.29 is 0 Å². The minimum Gasteiger partial charge on any atom is -0.228 e. The van der Waals surface area contributed by atoms with Gasteiger partial charge < -0.3 is 0 Å². The van der Waals surface area contributed by atoms with E-state index in [4.69, 9.17) is 9.97 Å². The van der Waals surface area contributed by atoms with E-state index in [1.807, 2.05) is 6.07 Å². The lowest BCUT2D eigenvalue weighted by Crippen LogP contribution is -2.01. The molecule has 7 aromatic carbocycles. The van der Waals surface area contributed by atoms with Crippen LogP contribution in [-0.2, 0) is 0 Å².